The molecule has 5 nitrogen and oxygen atoms in total. The molecular formula is C15H19NO4. The van der Waals surface area contributed by atoms with Crippen LogP contribution in [0.2, 0.25) is 0 Å². The molecule has 1 fully saturated rings. The molecule has 0 unspecified atom stereocenters. The van der Waals surface area contributed by atoms with E-state index in [0.717, 1.165) is 30.4 Å². The highest BCUT2D eigenvalue weighted by atomic mass is 16.5. The zero-order valence-electron chi connectivity index (χ0n) is 12.1. The van der Waals surface area contributed by atoms with Crippen LogP contribution in [0.5, 0.6) is 11.5 Å². The number of hydrogen-bond acceptors (Lipinski definition) is 5. The smallest absolute Gasteiger partial charge is 0.235 e. The van der Waals surface area contributed by atoms with Crippen LogP contribution in [-0.2, 0) is 21.7 Å². The highest BCUT2D eigenvalue weighted by Crippen LogP contribution is 2.52. The van der Waals surface area contributed by atoms with Crippen molar-refractivity contribution in [2.24, 2.45) is 4.99 Å². The van der Waals surface area contributed by atoms with Gasteiger partial charge >= 0.3 is 0 Å². The maximum absolute atomic E-state index is 10.8. The third-order valence-electron chi connectivity index (χ3n) is 3.83. The Morgan fingerprint density at radius 1 is 1.25 bits per heavy atom. The number of nitrogens with zero attached hydrogens (tertiary/aromatic N) is 1. The predicted molar refractivity (Wildman–Crippen MR) is 73.9 cm³/mol. The van der Waals surface area contributed by atoms with Gasteiger partial charge in [-0.1, -0.05) is 0 Å². The molecule has 1 aromatic rings. The van der Waals surface area contributed by atoms with Crippen LogP contribution in [0.25, 0.3) is 0 Å². The highest BCUT2D eigenvalue weighted by Gasteiger charge is 2.44. The Labute approximate surface area is 118 Å². The molecule has 1 aliphatic carbocycles. The summed E-state index contributed by atoms with van der Waals surface area (Å²) in [5.41, 5.74) is 1.17. The second-order valence-corrected chi connectivity index (χ2v) is 4.86. The van der Waals surface area contributed by atoms with E-state index in [9.17, 15) is 4.79 Å². The van der Waals surface area contributed by atoms with Crippen LogP contribution >= 0.6 is 0 Å². The summed E-state index contributed by atoms with van der Waals surface area (Å²) in [5, 5.41) is 0. The molecule has 108 valence electrons. The minimum atomic E-state index is -0.567. The molecule has 20 heavy (non-hydrogen) atoms. The van der Waals surface area contributed by atoms with Gasteiger partial charge in [0, 0.05) is 12.7 Å². The fourth-order valence-electron chi connectivity index (χ4n) is 2.74. The first kappa shape index (κ1) is 14.6. The van der Waals surface area contributed by atoms with E-state index in [0.29, 0.717) is 18.1 Å². The summed E-state index contributed by atoms with van der Waals surface area (Å²) in [6, 6.07) is 3.77. The van der Waals surface area contributed by atoms with Crippen LogP contribution in [0.4, 0.5) is 0 Å². The van der Waals surface area contributed by atoms with Crippen molar-refractivity contribution < 1.29 is 19.0 Å². The summed E-state index contributed by atoms with van der Waals surface area (Å²) in [7, 11) is 4.84. The molecule has 0 atom stereocenters. The standard InChI is InChI=1S/C15H19NO4/c1-18-9-11-5-6-12(19-2)13(14(11)20-3)15(16-10-17)7-4-8-15/h5-6H,4,7-9H2,1-3H3. The van der Waals surface area contributed by atoms with Gasteiger partial charge < -0.3 is 14.2 Å². The Kier molecular flexibility index (Phi) is 4.42. The van der Waals surface area contributed by atoms with Crippen LogP contribution in [0.15, 0.2) is 17.1 Å². The van der Waals surface area contributed by atoms with Crippen LogP contribution < -0.4 is 9.47 Å². The normalized spacial score (nSPS) is 15.9. The first-order valence-corrected chi connectivity index (χ1v) is 6.54. The molecule has 1 aromatic carbocycles. The summed E-state index contributed by atoms with van der Waals surface area (Å²) >= 11 is 0. The zero-order chi connectivity index (χ0) is 14.6. The summed E-state index contributed by atoms with van der Waals surface area (Å²) in [4.78, 5) is 14.8. The lowest BCUT2D eigenvalue weighted by Gasteiger charge is -2.39. The van der Waals surface area contributed by atoms with Gasteiger partial charge in [0.05, 0.1) is 26.4 Å². The monoisotopic (exact) mass is 277 g/mol. The van der Waals surface area contributed by atoms with Gasteiger partial charge in [0.2, 0.25) is 6.08 Å². The Morgan fingerprint density at radius 3 is 2.45 bits per heavy atom. The number of methoxy groups -OCH3 is 3. The van der Waals surface area contributed by atoms with Gasteiger partial charge in [0.15, 0.2) is 0 Å². The van der Waals surface area contributed by atoms with Crippen molar-refractivity contribution in [1.29, 1.82) is 0 Å². The second kappa shape index (κ2) is 6.07. The van der Waals surface area contributed by atoms with Crippen LogP contribution in [-0.4, -0.2) is 27.4 Å². The SMILES string of the molecule is COCc1ccc(OC)c(C2(N=C=O)CCC2)c1OC. The van der Waals surface area contributed by atoms with Crippen molar-refractivity contribution in [3.8, 4) is 11.5 Å². The number of rotatable bonds is 6. The van der Waals surface area contributed by atoms with E-state index >= 15 is 0 Å². The van der Waals surface area contributed by atoms with Gasteiger partial charge in [-0.15, -0.1) is 0 Å². The van der Waals surface area contributed by atoms with E-state index < -0.39 is 5.54 Å². The topological polar surface area (TPSA) is 57.1 Å². The summed E-state index contributed by atoms with van der Waals surface area (Å²) in [6.07, 6.45) is 4.31. The molecular weight excluding hydrogens is 258 g/mol. The van der Waals surface area contributed by atoms with E-state index in [2.05, 4.69) is 4.99 Å². The Morgan fingerprint density at radius 2 is 2.00 bits per heavy atom. The van der Waals surface area contributed by atoms with Gasteiger partial charge in [-0.05, 0) is 31.4 Å². The Bertz CT molecular complexity index is 531. The molecule has 1 saturated carbocycles. The molecule has 0 bridgehead atoms. The van der Waals surface area contributed by atoms with Crippen molar-refractivity contribution in [3.63, 3.8) is 0 Å². The number of ether oxygens (including phenoxy) is 3. The minimum absolute atomic E-state index is 0.432. The lowest BCUT2D eigenvalue weighted by molar-refractivity contribution is 0.179. The van der Waals surface area contributed by atoms with E-state index in [4.69, 9.17) is 14.2 Å². The number of hydrogen-bond donors (Lipinski definition) is 0. The van der Waals surface area contributed by atoms with Crippen molar-refractivity contribution in [3.05, 3.63) is 23.3 Å². The van der Waals surface area contributed by atoms with Crippen molar-refractivity contribution in [2.45, 2.75) is 31.4 Å². The Balaban J connectivity index is 2.64. The van der Waals surface area contributed by atoms with E-state index in [1.165, 1.54) is 0 Å². The fourth-order valence-corrected chi connectivity index (χ4v) is 2.74. The van der Waals surface area contributed by atoms with Crippen molar-refractivity contribution in [1.82, 2.24) is 0 Å². The van der Waals surface area contributed by atoms with Crippen LogP contribution in [0.1, 0.15) is 30.4 Å². The molecule has 0 aromatic heterocycles. The zero-order valence-corrected chi connectivity index (χ0v) is 12.1. The molecule has 0 spiro atoms. The second-order valence-electron chi connectivity index (χ2n) is 4.86. The first-order valence-electron chi connectivity index (χ1n) is 6.54. The molecule has 0 N–H and O–H groups in total. The van der Waals surface area contributed by atoms with E-state index in [-0.39, 0.29) is 0 Å². The number of carbonyl (C=O) groups excluding carboxylic acids is 1. The first-order chi connectivity index (χ1) is 9.72. The van der Waals surface area contributed by atoms with Crippen LogP contribution in [0, 0.1) is 0 Å². The fraction of sp³-hybridized carbons (Fsp3) is 0.533. The molecule has 0 radical (unpaired) electrons. The number of benzene rings is 1. The maximum Gasteiger partial charge on any atom is 0.235 e. The third kappa shape index (κ3) is 2.30. The molecule has 2 rings (SSSR count). The molecule has 5 heteroatoms. The van der Waals surface area contributed by atoms with E-state index in [1.807, 2.05) is 12.1 Å². The van der Waals surface area contributed by atoms with Gasteiger partial charge in [0.1, 0.15) is 17.0 Å². The average molecular weight is 277 g/mol. The van der Waals surface area contributed by atoms with Gasteiger partial charge in [0.25, 0.3) is 0 Å². The lowest BCUT2D eigenvalue weighted by Crippen LogP contribution is -2.33. The quantitative estimate of drug-likeness (QED) is 0.592. The van der Waals surface area contributed by atoms with Gasteiger partial charge in [-0.25, -0.2) is 4.79 Å². The van der Waals surface area contributed by atoms with Crippen LogP contribution in [0.3, 0.4) is 0 Å². The van der Waals surface area contributed by atoms with Crippen molar-refractivity contribution in [2.75, 3.05) is 21.3 Å². The minimum Gasteiger partial charge on any atom is -0.496 e. The average Bonchev–Trinajstić information content (AvgIpc) is 2.43. The Hall–Kier alpha value is -1.84. The molecule has 0 amide bonds. The highest BCUT2D eigenvalue weighted by molar-refractivity contribution is 5.56. The van der Waals surface area contributed by atoms with Gasteiger partial charge in [-0.3, -0.25) is 0 Å². The summed E-state index contributed by atoms with van der Waals surface area (Å²) < 4.78 is 16.2. The third-order valence-corrected chi connectivity index (χ3v) is 3.83. The number of isocyanates is 1. The largest absolute Gasteiger partial charge is 0.496 e. The molecule has 1 aliphatic rings. The summed E-state index contributed by atoms with van der Waals surface area (Å²) in [5.74, 6) is 1.37. The lowest BCUT2D eigenvalue weighted by atomic mass is 9.71. The maximum atomic E-state index is 10.8. The van der Waals surface area contributed by atoms with Gasteiger partial charge in [-0.2, -0.15) is 4.99 Å². The van der Waals surface area contributed by atoms with E-state index in [1.54, 1.807) is 27.4 Å². The predicted octanol–water partition coefficient (Wildman–Crippen LogP) is 2.57. The number of aliphatic imine (C=N–C) groups is 1. The molecule has 0 aliphatic heterocycles. The molecule has 0 saturated heterocycles. The molecule has 0 heterocycles. The van der Waals surface area contributed by atoms with Crippen molar-refractivity contribution >= 4 is 6.08 Å². The summed E-state index contributed by atoms with van der Waals surface area (Å²) in [6.45, 7) is 0.432.